The average molecular weight is 695 g/mol. The van der Waals surface area contributed by atoms with Crippen LogP contribution in [-0.2, 0) is 11.3 Å². The molecule has 0 bridgehead atoms. The third-order valence-electron chi connectivity index (χ3n) is 6.95. The number of amides is 3. The number of fused-ring (bicyclic) bond motifs is 1. The smallest absolute Gasteiger partial charge is 0.330 e. The minimum Gasteiger partial charge on any atom is -0.495 e. The predicted molar refractivity (Wildman–Crippen MR) is 167 cm³/mol. The summed E-state index contributed by atoms with van der Waals surface area (Å²) in [6.07, 6.45) is 6.51. The number of hydrogen-bond acceptors (Lipinski definition) is 8. The molecule has 41 heavy (non-hydrogen) atoms. The minimum absolute atomic E-state index is 0.0145. The number of piperidine rings is 1. The van der Waals surface area contributed by atoms with Crippen molar-refractivity contribution < 1.29 is 19.1 Å². The second kappa shape index (κ2) is 13.4. The Morgan fingerprint density at radius 1 is 1.17 bits per heavy atom. The van der Waals surface area contributed by atoms with Crippen molar-refractivity contribution >= 4 is 61.3 Å². The molecule has 222 valence electrons. The highest BCUT2D eigenvalue weighted by Crippen LogP contribution is 2.48. The van der Waals surface area contributed by atoms with E-state index in [1.807, 2.05) is 43.8 Å². The van der Waals surface area contributed by atoms with E-state index < -0.39 is 0 Å². The van der Waals surface area contributed by atoms with Crippen LogP contribution in [0.4, 0.5) is 22.2 Å². The van der Waals surface area contributed by atoms with Crippen LogP contribution >= 0.6 is 31.9 Å². The first-order valence-corrected chi connectivity index (χ1v) is 15.1. The fourth-order valence-electron chi connectivity index (χ4n) is 4.93. The fourth-order valence-corrected chi connectivity index (χ4v) is 6.58. The van der Waals surface area contributed by atoms with Crippen LogP contribution in [0.3, 0.4) is 0 Å². The third-order valence-corrected chi connectivity index (χ3v) is 8.48. The number of benzene rings is 1. The molecule has 1 aromatic carbocycles. The Morgan fingerprint density at radius 3 is 2.37 bits per heavy atom. The van der Waals surface area contributed by atoms with Crippen molar-refractivity contribution in [1.29, 1.82) is 0 Å². The first kappa shape index (κ1) is 31.0. The van der Waals surface area contributed by atoms with Crippen molar-refractivity contribution in [3.05, 3.63) is 38.9 Å². The van der Waals surface area contributed by atoms with Crippen LogP contribution in [0, 0.1) is 0 Å². The molecule has 2 aromatic rings. The van der Waals surface area contributed by atoms with Gasteiger partial charge in [0.2, 0.25) is 11.9 Å². The summed E-state index contributed by atoms with van der Waals surface area (Å²) in [5, 5.41) is 3.25. The van der Waals surface area contributed by atoms with E-state index in [9.17, 15) is 9.59 Å². The number of urea groups is 1. The Morgan fingerprint density at radius 2 is 1.80 bits per heavy atom. The van der Waals surface area contributed by atoms with Gasteiger partial charge in [0.1, 0.15) is 17.3 Å². The van der Waals surface area contributed by atoms with Gasteiger partial charge in [-0.3, -0.25) is 14.6 Å². The predicted octanol–water partition coefficient (Wildman–Crippen LogP) is 4.89. The van der Waals surface area contributed by atoms with Gasteiger partial charge < -0.3 is 24.6 Å². The van der Waals surface area contributed by atoms with Gasteiger partial charge in [-0.15, -0.1) is 0 Å². The third kappa shape index (κ3) is 6.78. The van der Waals surface area contributed by atoms with Crippen LogP contribution in [0.1, 0.15) is 32.3 Å². The molecule has 2 aliphatic rings. The molecule has 0 radical (unpaired) electrons. The zero-order valence-electron chi connectivity index (χ0n) is 24.3. The Labute approximate surface area is 258 Å². The van der Waals surface area contributed by atoms with Gasteiger partial charge in [0, 0.05) is 55.6 Å². The lowest BCUT2D eigenvalue weighted by Gasteiger charge is -2.43. The molecule has 13 heteroatoms. The maximum Gasteiger partial charge on any atom is 0.330 e. The highest BCUT2D eigenvalue weighted by atomic mass is 79.9. The standard InChI is InChI=1S/C28H37Br2N7O4/c1-17(2)32-27-31-15-18-16-36(25-23(29)20(40-5)14-21(41-6)24(25)30)28(39)37(26(18)33-27)19-9-12-35(13-10-19)22(38)8-7-11-34(3)4/h7-8,14-15,17,19H,9-13,16H2,1-6H3,(H,31,32,33). The van der Waals surface area contributed by atoms with E-state index in [0.717, 1.165) is 5.56 Å². The van der Waals surface area contributed by atoms with Crippen LogP contribution in [0.25, 0.3) is 0 Å². The number of hydrogen-bond donors (Lipinski definition) is 1. The van der Waals surface area contributed by atoms with Gasteiger partial charge in [-0.25, -0.2) is 9.78 Å². The number of anilines is 3. The topological polar surface area (TPSA) is 103 Å². The van der Waals surface area contributed by atoms with Gasteiger partial charge in [0.05, 0.1) is 35.4 Å². The molecule has 3 heterocycles. The van der Waals surface area contributed by atoms with Gasteiger partial charge in [0.15, 0.2) is 0 Å². The highest BCUT2D eigenvalue weighted by molar-refractivity contribution is 9.11. The van der Waals surface area contributed by atoms with Crippen LogP contribution in [0.2, 0.25) is 0 Å². The molecule has 0 spiro atoms. The van der Waals surface area contributed by atoms with Crippen LogP contribution < -0.4 is 24.6 Å². The maximum atomic E-state index is 14.4. The van der Waals surface area contributed by atoms with Gasteiger partial charge in [0.25, 0.3) is 0 Å². The van der Waals surface area contributed by atoms with Crippen LogP contribution in [0.5, 0.6) is 11.5 Å². The summed E-state index contributed by atoms with van der Waals surface area (Å²) in [5.74, 6) is 2.11. The summed E-state index contributed by atoms with van der Waals surface area (Å²) in [5.41, 5.74) is 1.40. The molecular weight excluding hydrogens is 658 g/mol. The highest BCUT2D eigenvalue weighted by Gasteiger charge is 2.41. The molecule has 0 aliphatic carbocycles. The van der Waals surface area contributed by atoms with Crippen LogP contribution in [0.15, 0.2) is 33.4 Å². The lowest BCUT2D eigenvalue weighted by atomic mass is 10.0. The molecule has 0 unspecified atom stereocenters. The Bertz CT molecular complexity index is 1280. The number of likely N-dealkylation sites (N-methyl/N-ethyl adjacent to an activating group) is 1. The number of ether oxygens (including phenoxy) is 2. The van der Waals surface area contributed by atoms with Gasteiger partial charge in [-0.1, -0.05) is 6.08 Å². The number of nitrogens with zero attached hydrogens (tertiary/aromatic N) is 6. The number of carbonyl (C=O) groups is 2. The van der Waals surface area contributed by atoms with Crippen molar-refractivity contribution in [2.45, 2.75) is 45.3 Å². The number of halogens is 2. The Balaban J connectivity index is 1.70. The second-order valence-electron chi connectivity index (χ2n) is 10.6. The number of likely N-dealkylation sites (tertiary alicyclic amines) is 1. The largest absolute Gasteiger partial charge is 0.495 e. The molecule has 1 fully saturated rings. The van der Waals surface area contributed by atoms with Gasteiger partial charge >= 0.3 is 6.03 Å². The molecule has 0 atom stereocenters. The van der Waals surface area contributed by atoms with E-state index in [0.29, 0.717) is 70.4 Å². The summed E-state index contributed by atoms with van der Waals surface area (Å²) in [4.78, 5) is 43.8. The SMILES string of the molecule is COc1cc(OC)c(Br)c(N2Cc3cnc(NC(C)C)nc3N(C3CCN(C(=O)C=CCN(C)C)CC3)C2=O)c1Br. The number of carbonyl (C=O) groups excluding carboxylic acids is 2. The monoisotopic (exact) mass is 693 g/mol. The molecule has 1 N–H and O–H groups in total. The molecule has 4 rings (SSSR count). The molecule has 11 nitrogen and oxygen atoms in total. The summed E-state index contributed by atoms with van der Waals surface area (Å²) < 4.78 is 12.4. The average Bonchev–Trinajstić information content (AvgIpc) is 2.93. The first-order valence-electron chi connectivity index (χ1n) is 13.5. The van der Waals surface area contributed by atoms with E-state index in [-0.39, 0.29) is 30.6 Å². The number of aromatic nitrogens is 2. The normalized spacial score (nSPS) is 16.1. The minimum atomic E-state index is -0.223. The van der Waals surface area contributed by atoms with E-state index >= 15 is 0 Å². The zero-order valence-corrected chi connectivity index (χ0v) is 27.5. The van der Waals surface area contributed by atoms with Crippen LogP contribution in [-0.4, -0.2) is 91.7 Å². The zero-order chi connectivity index (χ0) is 29.8. The summed E-state index contributed by atoms with van der Waals surface area (Å²) >= 11 is 7.30. The molecule has 0 saturated carbocycles. The number of nitrogens with one attached hydrogen (secondary N) is 1. The maximum absolute atomic E-state index is 14.4. The van der Waals surface area contributed by atoms with E-state index in [4.69, 9.17) is 14.5 Å². The molecule has 2 aliphatic heterocycles. The fraction of sp³-hybridized carbons (Fsp3) is 0.500. The van der Waals surface area contributed by atoms with Gasteiger partial charge in [-0.05, 0) is 72.6 Å². The van der Waals surface area contributed by atoms with Crippen molar-refractivity contribution in [2.24, 2.45) is 0 Å². The van der Waals surface area contributed by atoms with Crippen molar-refractivity contribution in [3.8, 4) is 11.5 Å². The lowest BCUT2D eigenvalue weighted by molar-refractivity contribution is -0.127. The second-order valence-corrected chi connectivity index (χ2v) is 12.1. The Kier molecular flexibility index (Phi) is 10.1. The molecule has 3 amide bonds. The quantitative estimate of drug-likeness (QED) is 0.370. The summed E-state index contributed by atoms with van der Waals surface area (Å²) in [6, 6.07) is 1.50. The van der Waals surface area contributed by atoms with Crippen molar-refractivity contribution in [1.82, 2.24) is 19.8 Å². The summed E-state index contributed by atoms with van der Waals surface area (Å²) in [7, 11) is 7.06. The van der Waals surface area contributed by atoms with E-state index in [1.54, 1.807) is 42.4 Å². The molecule has 1 aromatic heterocycles. The summed E-state index contributed by atoms with van der Waals surface area (Å²) in [6.45, 7) is 6.06. The number of methoxy groups -OCH3 is 2. The Hall–Kier alpha value is -2.90. The molecular formula is C28H37Br2N7O4. The lowest BCUT2D eigenvalue weighted by Crippen LogP contribution is -2.55. The first-order chi connectivity index (χ1) is 19.5. The van der Waals surface area contributed by atoms with Crippen molar-refractivity contribution in [3.63, 3.8) is 0 Å². The van der Waals surface area contributed by atoms with Gasteiger partial charge in [-0.2, -0.15) is 4.98 Å². The van der Waals surface area contributed by atoms with E-state index in [1.165, 1.54) is 0 Å². The number of rotatable bonds is 9. The van der Waals surface area contributed by atoms with E-state index in [2.05, 4.69) is 42.2 Å². The van der Waals surface area contributed by atoms with Crippen molar-refractivity contribution in [2.75, 3.05) is 63.1 Å². The molecule has 1 saturated heterocycles.